The predicted octanol–water partition coefficient (Wildman–Crippen LogP) is 9.77. The first-order valence-electron chi connectivity index (χ1n) is 18.8. The number of unbranched alkanes of at least 4 members (excludes halogenated alkanes) is 1. The molecule has 286 valence electrons. The molecule has 0 aliphatic carbocycles. The fourth-order valence-corrected chi connectivity index (χ4v) is 7.51. The van der Waals surface area contributed by atoms with Gasteiger partial charge >= 0.3 is 5.97 Å². The zero-order chi connectivity index (χ0) is 38.7. The second kappa shape index (κ2) is 18.9. The summed E-state index contributed by atoms with van der Waals surface area (Å²) in [6.45, 7) is 0.366. The maximum atomic E-state index is 12.3. The van der Waals surface area contributed by atoms with E-state index in [2.05, 4.69) is 23.5 Å². The number of carboxylic acid groups (broad SMARTS) is 1. The van der Waals surface area contributed by atoms with Crippen LogP contribution in [0.15, 0.2) is 143 Å². The Morgan fingerprint density at radius 2 is 1.39 bits per heavy atom. The molecule has 2 heterocycles. The molecule has 3 atom stereocenters. The lowest BCUT2D eigenvalue weighted by Gasteiger charge is -2.36. The number of ether oxygens (including phenoxy) is 2. The van der Waals surface area contributed by atoms with Crippen LogP contribution >= 0.6 is 11.8 Å². The molecule has 0 unspecified atom stereocenters. The van der Waals surface area contributed by atoms with Crippen LogP contribution in [0, 0.1) is 0 Å². The highest BCUT2D eigenvalue weighted by molar-refractivity contribution is 7.99. The number of carboxylic acids is 1. The van der Waals surface area contributed by atoms with Gasteiger partial charge in [0, 0.05) is 48.3 Å². The van der Waals surface area contributed by atoms with Crippen molar-refractivity contribution in [3.05, 3.63) is 156 Å². The highest BCUT2D eigenvalue weighted by Crippen LogP contribution is 2.41. The van der Waals surface area contributed by atoms with Gasteiger partial charge in [-0.3, -0.25) is 9.59 Å². The summed E-state index contributed by atoms with van der Waals surface area (Å²) >= 11 is 1.53. The SMILES string of the molecule is O=C(O)CCCCC(=O)NCc1cccc(-c2ccc([C@@H]3O[C@H](CSc4nc(-c5ccccc5)c(-c5ccccc5)o4)C[C@H](c4ccc(CO)cc4)O3)cc2)c1. The molecule has 1 fully saturated rings. The molecule has 5 aromatic carbocycles. The molecule has 1 aliphatic rings. The lowest BCUT2D eigenvalue weighted by Crippen LogP contribution is -2.31. The summed E-state index contributed by atoms with van der Waals surface area (Å²) in [6.07, 6.45) is 0.994. The molecular weight excluding hydrogens is 725 g/mol. The molecule has 0 saturated carbocycles. The number of oxazole rings is 1. The highest BCUT2D eigenvalue weighted by atomic mass is 32.2. The Labute approximate surface area is 330 Å². The van der Waals surface area contributed by atoms with Crippen molar-refractivity contribution in [3.63, 3.8) is 0 Å². The fraction of sp³-hybridized carbons (Fsp3) is 0.239. The number of carbonyl (C=O) groups is 2. The average Bonchev–Trinajstić information content (AvgIpc) is 3.69. The third-order valence-electron chi connectivity index (χ3n) is 9.68. The van der Waals surface area contributed by atoms with Gasteiger partial charge < -0.3 is 29.4 Å². The summed E-state index contributed by atoms with van der Waals surface area (Å²) in [5.41, 5.74) is 8.49. The van der Waals surface area contributed by atoms with Crippen LogP contribution in [0.4, 0.5) is 0 Å². The topological polar surface area (TPSA) is 131 Å². The largest absolute Gasteiger partial charge is 0.481 e. The van der Waals surface area contributed by atoms with Gasteiger partial charge in [-0.2, -0.15) is 0 Å². The van der Waals surface area contributed by atoms with Gasteiger partial charge in [0.25, 0.3) is 5.22 Å². The van der Waals surface area contributed by atoms with Gasteiger partial charge in [-0.05, 0) is 46.7 Å². The maximum Gasteiger partial charge on any atom is 0.303 e. The molecule has 9 nitrogen and oxygen atoms in total. The lowest BCUT2D eigenvalue weighted by atomic mass is 9.99. The van der Waals surface area contributed by atoms with Crippen molar-refractivity contribution in [3.8, 4) is 33.7 Å². The second-order valence-corrected chi connectivity index (χ2v) is 14.7. The second-order valence-electron chi connectivity index (χ2n) is 13.8. The molecule has 0 spiro atoms. The van der Waals surface area contributed by atoms with E-state index in [4.69, 9.17) is 24.0 Å². The number of carbonyl (C=O) groups excluding carboxylic acids is 1. The summed E-state index contributed by atoms with van der Waals surface area (Å²) in [5.74, 6) is 0.387. The van der Waals surface area contributed by atoms with Gasteiger partial charge in [0.1, 0.15) is 5.69 Å². The molecule has 1 aliphatic heterocycles. The number of aromatic nitrogens is 1. The van der Waals surface area contributed by atoms with Crippen molar-refractivity contribution in [2.45, 2.75) is 69.0 Å². The number of nitrogens with one attached hydrogen (secondary N) is 1. The number of hydrogen-bond acceptors (Lipinski definition) is 8. The summed E-state index contributed by atoms with van der Waals surface area (Å²) in [7, 11) is 0. The number of aliphatic carboxylic acids is 1. The maximum absolute atomic E-state index is 12.3. The van der Waals surface area contributed by atoms with Gasteiger partial charge in [-0.25, -0.2) is 4.98 Å². The molecule has 1 aromatic heterocycles. The van der Waals surface area contributed by atoms with Crippen molar-refractivity contribution >= 4 is 23.6 Å². The van der Waals surface area contributed by atoms with Crippen molar-refractivity contribution in [2.75, 3.05) is 5.75 Å². The highest BCUT2D eigenvalue weighted by Gasteiger charge is 2.33. The van der Waals surface area contributed by atoms with Crippen LogP contribution in [0.2, 0.25) is 0 Å². The number of benzene rings is 5. The number of rotatable bonds is 16. The minimum Gasteiger partial charge on any atom is -0.481 e. The minimum atomic E-state index is -0.846. The van der Waals surface area contributed by atoms with Gasteiger partial charge in [0.05, 0.1) is 18.8 Å². The Morgan fingerprint density at radius 3 is 2.11 bits per heavy atom. The fourth-order valence-electron chi connectivity index (χ4n) is 6.67. The molecular formula is C46H44N2O7S. The quantitative estimate of drug-likeness (QED) is 0.0651. The van der Waals surface area contributed by atoms with Crippen LogP contribution in [0.5, 0.6) is 0 Å². The molecule has 1 saturated heterocycles. The number of amides is 1. The van der Waals surface area contributed by atoms with E-state index in [0.29, 0.717) is 43.2 Å². The first-order valence-corrected chi connectivity index (χ1v) is 19.8. The Balaban J connectivity index is 1.05. The van der Waals surface area contributed by atoms with Crippen LogP contribution in [0.3, 0.4) is 0 Å². The van der Waals surface area contributed by atoms with Crippen molar-refractivity contribution in [2.24, 2.45) is 0 Å². The van der Waals surface area contributed by atoms with E-state index < -0.39 is 12.3 Å². The van der Waals surface area contributed by atoms with E-state index >= 15 is 0 Å². The number of hydrogen-bond donors (Lipinski definition) is 3. The number of nitrogens with zero attached hydrogens (tertiary/aromatic N) is 1. The number of thioether (sulfide) groups is 1. The summed E-state index contributed by atoms with van der Waals surface area (Å²) in [4.78, 5) is 28.0. The van der Waals surface area contributed by atoms with Crippen LogP contribution in [-0.2, 0) is 32.2 Å². The van der Waals surface area contributed by atoms with Crippen molar-refractivity contribution in [1.82, 2.24) is 10.3 Å². The summed E-state index contributed by atoms with van der Waals surface area (Å²) < 4.78 is 19.7. The molecule has 7 rings (SSSR count). The molecule has 56 heavy (non-hydrogen) atoms. The van der Waals surface area contributed by atoms with Gasteiger partial charge in [-0.15, -0.1) is 0 Å². The van der Waals surface area contributed by atoms with Crippen LogP contribution in [0.1, 0.15) is 66.8 Å². The minimum absolute atomic E-state index is 0.0248. The molecule has 3 N–H and O–H groups in total. The molecule has 0 bridgehead atoms. The van der Waals surface area contributed by atoms with Crippen LogP contribution in [0.25, 0.3) is 33.7 Å². The predicted molar refractivity (Wildman–Crippen MR) is 216 cm³/mol. The zero-order valence-corrected chi connectivity index (χ0v) is 31.7. The first-order chi connectivity index (χ1) is 27.4. The van der Waals surface area contributed by atoms with Crippen LogP contribution < -0.4 is 5.32 Å². The third kappa shape index (κ3) is 10.2. The molecule has 1 amide bonds. The summed E-state index contributed by atoms with van der Waals surface area (Å²) in [5, 5.41) is 22.0. The zero-order valence-electron chi connectivity index (χ0n) is 30.9. The average molecular weight is 769 g/mol. The van der Waals surface area contributed by atoms with E-state index in [1.165, 1.54) is 11.8 Å². The molecule has 0 radical (unpaired) electrons. The first kappa shape index (κ1) is 38.7. The smallest absolute Gasteiger partial charge is 0.303 e. The Morgan fingerprint density at radius 1 is 0.714 bits per heavy atom. The van der Waals surface area contributed by atoms with Crippen LogP contribution in [-0.4, -0.2) is 38.9 Å². The van der Waals surface area contributed by atoms with E-state index in [-0.39, 0.29) is 31.1 Å². The number of aliphatic hydroxyl groups is 1. The Bertz CT molecular complexity index is 2130. The van der Waals surface area contributed by atoms with Gasteiger partial charge in [0.15, 0.2) is 12.1 Å². The van der Waals surface area contributed by atoms with E-state index in [1.54, 1.807) is 0 Å². The van der Waals surface area contributed by atoms with Crippen molar-refractivity contribution < 1.29 is 33.7 Å². The third-order valence-corrected chi connectivity index (χ3v) is 10.6. The van der Waals surface area contributed by atoms with Gasteiger partial charge in [0.2, 0.25) is 5.91 Å². The Kier molecular flexibility index (Phi) is 13.1. The number of aliphatic hydroxyl groups excluding tert-OH is 1. The van der Waals surface area contributed by atoms with E-state index in [9.17, 15) is 14.7 Å². The lowest BCUT2D eigenvalue weighted by molar-refractivity contribution is -0.245. The summed E-state index contributed by atoms with van der Waals surface area (Å²) in [6, 6.07) is 44.1. The monoisotopic (exact) mass is 768 g/mol. The molecule has 10 heteroatoms. The van der Waals surface area contributed by atoms with Crippen molar-refractivity contribution in [1.29, 1.82) is 0 Å². The standard InChI is InChI=1S/C46H44N2O7S/c49-29-31-18-20-34(21-19-31)40-27-39(30-56-46-48-43(35-11-3-1-4-12-35)44(55-46)36-13-5-2-6-14-36)53-45(54-40)37-24-22-33(23-25-37)38-15-9-10-32(26-38)28-47-41(50)16-7-8-17-42(51)52/h1-6,9-15,18-26,39-40,45,49H,7-8,16-17,27-30H2,(H,47,50)(H,51,52)/t39-,40+,45+/m0/s1. The normalized spacial score (nSPS) is 16.7. The van der Waals surface area contributed by atoms with Gasteiger partial charge in [-0.1, -0.05) is 139 Å². The van der Waals surface area contributed by atoms with E-state index in [0.717, 1.165) is 56.0 Å². The Hall–Kier alpha value is -5.52. The molecule has 6 aromatic rings. The van der Waals surface area contributed by atoms with E-state index in [1.807, 2.05) is 115 Å².